The molecule has 5 heteroatoms. The Kier molecular flexibility index (Phi) is 4.24. The van der Waals surface area contributed by atoms with Gasteiger partial charge in [-0.25, -0.2) is 4.39 Å². The molecule has 1 amide bonds. The second kappa shape index (κ2) is 6.32. The van der Waals surface area contributed by atoms with Crippen molar-refractivity contribution in [2.24, 2.45) is 0 Å². The molecule has 1 N–H and O–H groups in total. The summed E-state index contributed by atoms with van der Waals surface area (Å²) in [6.07, 6.45) is 2.01. The predicted octanol–water partition coefficient (Wildman–Crippen LogP) is 2.17. The van der Waals surface area contributed by atoms with Crippen molar-refractivity contribution in [3.63, 3.8) is 0 Å². The van der Waals surface area contributed by atoms with Crippen LogP contribution in [0, 0.1) is 5.82 Å². The maximum Gasteiger partial charge on any atom is 0.237 e. The van der Waals surface area contributed by atoms with Gasteiger partial charge in [0.15, 0.2) is 0 Å². The number of hydrogen-bond donors (Lipinski definition) is 1. The van der Waals surface area contributed by atoms with E-state index >= 15 is 0 Å². The number of rotatable bonds is 4. The molecule has 1 aliphatic rings. The zero-order chi connectivity index (χ0) is 15.5. The van der Waals surface area contributed by atoms with Gasteiger partial charge in [0.25, 0.3) is 0 Å². The Morgan fingerprint density at radius 2 is 2.18 bits per heavy atom. The van der Waals surface area contributed by atoms with Crippen LogP contribution in [0.25, 0.3) is 0 Å². The van der Waals surface area contributed by atoms with E-state index in [1.807, 2.05) is 36.2 Å². The van der Waals surface area contributed by atoms with Gasteiger partial charge in [-0.15, -0.1) is 0 Å². The van der Waals surface area contributed by atoms with Crippen LogP contribution in [0.5, 0.6) is 0 Å². The third-order valence-electron chi connectivity index (χ3n) is 4.05. The lowest BCUT2D eigenvalue weighted by atomic mass is 9.99. The number of benzene rings is 1. The van der Waals surface area contributed by atoms with E-state index in [-0.39, 0.29) is 17.8 Å². The Balaban J connectivity index is 1.98. The largest absolute Gasteiger partial charge is 0.348 e. The maximum atomic E-state index is 13.6. The summed E-state index contributed by atoms with van der Waals surface area (Å²) < 4.78 is 15.8. The number of carbonyl (C=O) groups excluding carboxylic acids is 1. The predicted molar refractivity (Wildman–Crippen MR) is 82.9 cm³/mol. The lowest BCUT2D eigenvalue weighted by molar-refractivity contribution is -0.132. The standard InChI is InChI=1S/C17H20FN3O/c1-2-19-12-16(22)21-10-9-20-8-4-7-15(20)17(21)13-5-3-6-14(18)11-13/h3-8,11,17,19H,2,9-10,12H2,1H3. The maximum absolute atomic E-state index is 13.6. The Morgan fingerprint density at radius 1 is 1.32 bits per heavy atom. The third-order valence-corrected chi connectivity index (χ3v) is 4.05. The first-order valence-electron chi connectivity index (χ1n) is 7.61. The van der Waals surface area contributed by atoms with Crippen molar-refractivity contribution in [2.75, 3.05) is 19.6 Å². The quantitative estimate of drug-likeness (QED) is 0.940. The van der Waals surface area contributed by atoms with Crippen molar-refractivity contribution in [1.82, 2.24) is 14.8 Å². The minimum Gasteiger partial charge on any atom is -0.348 e. The average Bonchev–Trinajstić information content (AvgIpc) is 3.00. The molecular formula is C17H20FN3O. The van der Waals surface area contributed by atoms with Crippen molar-refractivity contribution in [2.45, 2.75) is 19.5 Å². The number of nitrogens with one attached hydrogen (secondary N) is 1. The number of amides is 1. The second-order valence-corrected chi connectivity index (χ2v) is 5.45. The van der Waals surface area contributed by atoms with E-state index in [9.17, 15) is 9.18 Å². The van der Waals surface area contributed by atoms with E-state index in [0.717, 1.165) is 24.3 Å². The number of fused-ring (bicyclic) bond motifs is 1. The fourth-order valence-electron chi connectivity index (χ4n) is 3.01. The van der Waals surface area contributed by atoms with Gasteiger partial charge in [0.1, 0.15) is 5.82 Å². The Hall–Kier alpha value is -2.14. The Labute approximate surface area is 129 Å². The molecule has 0 radical (unpaired) electrons. The summed E-state index contributed by atoms with van der Waals surface area (Å²) in [5, 5.41) is 3.07. The monoisotopic (exact) mass is 301 g/mol. The molecule has 3 rings (SSSR count). The van der Waals surface area contributed by atoms with Crippen molar-refractivity contribution >= 4 is 5.91 Å². The minimum atomic E-state index is -0.278. The highest BCUT2D eigenvalue weighted by molar-refractivity contribution is 5.79. The molecule has 116 valence electrons. The summed E-state index contributed by atoms with van der Waals surface area (Å²) in [6.45, 7) is 4.43. The van der Waals surface area contributed by atoms with Gasteiger partial charge >= 0.3 is 0 Å². The lowest BCUT2D eigenvalue weighted by Gasteiger charge is -2.37. The van der Waals surface area contributed by atoms with Gasteiger partial charge in [-0.05, 0) is 36.4 Å². The van der Waals surface area contributed by atoms with Crippen LogP contribution >= 0.6 is 0 Å². The van der Waals surface area contributed by atoms with Crippen molar-refractivity contribution in [3.05, 3.63) is 59.7 Å². The molecule has 0 bridgehead atoms. The number of carbonyl (C=O) groups is 1. The number of aromatic nitrogens is 1. The van der Waals surface area contributed by atoms with E-state index in [1.54, 1.807) is 6.07 Å². The highest BCUT2D eigenvalue weighted by atomic mass is 19.1. The van der Waals surface area contributed by atoms with Gasteiger partial charge in [-0.1, -0.05) is 19.1 Å². The first kappa shape index (κ1) is 14.8. The van der Waals surface area contributed by atoms with Crippen molar-refractivity contribution in [1.29, 1.82) is 0 Å². The molecule has 1 atom stereocenters. The summed E-state index contributed by atoms with van der Waals surface area (Å²) in [5.74, 6) is -0.233. The van der Waals surface area contributed by atoms with Crippen LogP contribution in [0.3, 0.4) is 0 Å². The van der Waals surface area contributed by atoms with Crippen LogP contribution in [0.15, 0.2) is 42.6 Å². The van der Waals surface area contributed by atoms with Crippen molar-refractivity contribution < 1.29 is 9.18 Å². The molecule has 4 nitrogen and oxygen atoms in total. The molecule has 0 spiro atoms. The molecule has 22 heavy (non-hydrogen) atoms. The Bertz CT molecular complexity index is 667. The lowest BCUT2D eigenvalue weighted by Crippen LogP contribution is -2.45. The van der Waals surface area contributed by atoms with E-state index in [2.05, 4.69) is 9.88 Å². The van der Waals surface area contributed by atoms with Gasteiger partial charge in [0.05, 0.1) is 12.6 Å². The Morgan fingerprint density at radius 3 is 2.95 bits per heavy atom. The molecule has 0 aliphatic carbocycles. The number of hydrogen-bond acceptors (Lipinski definition) is 2. The average molecular weight is 301 g/mol. The van der Waals surface area contributed by atoms with Crippen LogP contribution in [0.1, 0.15) is 24.2 Å². The number of likely N-dealkylation sites (N-methyl/N-ethyl adjacent to an activating group) is 1. The minimum absolute atomic E-state index is 0.0450. The highest BCUT2D eigenvalue weighted by Crippen LogP contribution is 2.32. The number of nitrogens with zero attached hydrogens (tertiary/aromatic N) is 2. The molecule has 2 heterocycles. The molecule has 0 saturated heterocycles. The van der Waals surface area contributed by atoms with E-state index in [0.29, 0.717) is 13.1 Å². The molecule has 1 aromatic carbocycles. The van der Waals surface area contributed by atoms with Crippen LogP contribution in [-0.2, 0) is 11.3 Å². The number of halogens is 1. The van der Waals surface area contributed by atoms with Gasteiger partial charge in [-0.2, -0.15) is 0 Å². The van der Waals surface area contributed by atoms with Gasteiger partial charge < -0.3 is 14.8 Å². The topological polar surface area (TPSA) is 37.3 Å². The van der Waals surface area contributed by atoms with Crippen LogP contribution in [-0.4, -0.2) is 35.0 Å². The zero-order valence-corrected chi connectivity index (χ0v) is 12.6. The molecule has 1 aliphatic heterocycles. The van der Waals surface area contributed by atoms with Gasteiger partial charge in [0.2, 0.25) is 5.91 Å². The normalized spacial score (nSPS) is 17.4. The van der Waals surface area contributed by atoms with Crippen molar-refractivity contribution in [3.8, 4) is 0 Å². The summed E-state index contributed by atoms with van der Waals surface area (Å²) in [4.78, 5) is 14.4. The summed E-state index contributed by atoms with van der Waals surface area (Å²) >= 11 is 0. The fourth-order valence-corrected chi connectivity index (χ4v) is 3.01. The van der Waals surface area contributed by atoms with Gasteiger partial charge in [0, 0.05) is 25.0 Å². The SMILES string of the molecule is CCNCC(=O)N1CCn2cccc2C1c1cccc(F)c1. The molecule has 0 fully saturated rings. The van der Waals surface area contributed by atoms with E-state index in [1.165, 1.54) is 12.1 Å². The smallest absolute Gasteiger partial charge is 0.237 e. The molecule has 0 saturated carbocycles. The first-order chi connectivity index (χ1) is 10.7. The summed E-state index contributed by atoms with van der Waals surface area (Å²) in [7, 11) is 0. The van der Waals surface area contributed by atoms with E-state index < -0.39 is 0 Å². The van der Waals surface area contributed by atoms with Crippen LogP contribution in [0.2, 0.25) is 0 Å². The van der Waals surface area contributed by atoms with Gasteiger partial charge in [-0.3, -0.25) is 4.79 Å². The summed E-state index contributed by atoms with van der Waals surface area (Å²) in [6, 6.07) is 10.3. The first-order valence-corrected chi connectivity index (χ1v) is 7.61. The fraction of sp³-hybridized carbons (Fsp3) is 0.353. The summed E-state index contributed by atoms with van der Waals surface area (Å²) in [5.41, 5.74) is 1.84. The van der Waals surface area contributed by atoms with Crippen LogP contribution < -0.4 is 5.32 Å². The molecule has 2 aromatic rings. The molecule has 1 aromatic heterocycles. The third kappa shape index (κ3) is 2.76. The highest BCUT2D eigenvalue weighted by Gasteiger charge is 2.31. The molecule has 1 unspecified atom stereocenters. The zero-order valence-electron chi connectivity index (χ0n) is 12.6. The molecular weight excluding hydrogens is 281 g/mol. The van der Waals surface area contributed by atoms with E-state index in [4.69, 9.17) is 0 Å². The second-order valence-electron chi connectivity index (χ2n) is 5.45. The van der Waals surface area contributed by atoms with Crippen LogP contribution in [0.4, 0.5) is 4.39 Å².